The Labute approximate surface area is 128 Å². The van der Waals surface area contributed by atoms with E-state index in [1.165, 1.54) is 25.3 Å². The first kappa shape index (κ1) is 14.8. The van der Waals surface area contributed by atoms with Crippen molar-refractivity contribution >= 4 is 39.1 Å². The van der Waals surface area contributed by atoms with Crippen LogP contribution < -0.4 is 10.1 Å². The molecule has 0 saturated heterocycles. The van der Waals surface area contributed by atoms with Crippen LogP contribution in [-0.2, 0) is 0 Å². The Balaban J connectivity index is 2.25. The lowest BCUT2D eigenvalue weighted by molar-refractivity contribution is 0.102. The van der Waals surface area contributed by atoms with Crippen molar-refractivity contribution in [1.29, 1.82) is 0 Å². The Morgan fingerprint density at radius 3 is 2.75 bits per heavy atom. The van der Waals surface area contributed by atoms with Gasteiger partial charge < -0.3 is 10.1 Å². The van der Waals surface area contributed by atoms with Crippen LogP contribution >= 0.6 is 27.5 Å². The van der Waals surface area contributed by atoms with E-state index in [-0.39, 0.29) is 5.56 Å². The molecule has 0 spiro atoms. The Hall–Kier alpha value is -1.59. The molecule has 2 aromatic rings. The zero-order valence-electron chi connectivity index (χ0n) is 10.4. The van der Waals surface area contributed by atoms with Crippen LogP contribution in [0, 0.1) is 5.82 Å². The molecular weight excluding hydrogens is 349 g/mol. The molecule has 0 aliphatic carbocycles. The standard InChI is InChI=1S/C14H10BrClFNO2/c1-20-13-7-9(3-4-11(13)16)18-14(19)10-6-8(15)2-5-12(10)17/h2-7H,1H3,(H,18,19). The molecule has 0 saturated carbocycles. The van der Waals surface area contributed by atoms with Gasteiger partial charge in [-0.05, 0) is 30.3 Å². The molecule has 1 amide bonds. The molecule has 3 nitrogen and oxygen atoms in total. The van der Waals surface area contributed by atoms with Gasteiger partial charge in [0.25, 0.3) is 5.91 Å². The molecule has 104 valence electrons. The molecule has 0 heterocycles. The Bertz CT molecular complexity index is 664. The SMILES string of the molecule is COc1cc(NC(=O)c2cc(Br)ccc2F)ccc1Cl. The summed E-state index contributed by atoms with van der Waals surface area (Å²) in [6.07, 6.45) is 0. The minimum atomic E-state index is -0.591. The third-order valence-corrected chi connectivity index (χ3v) is 3.39. The van der Waals surface area contributed by atoms with E-state index in [1.807, 2.05) is 0 Å². The molecule has 0 fully saturated rings. The highest BCUT2D eigenvalue weighted by molar-refractivity contribution is 9.10. The van der Waals surface area contributed by atoms with E-state index in [0.29, 0.717) is 20.9 Å². The van der Waals surface area contributed by atoms with E-state index in [1.54, 1.807) is 18.2 Å². The van der Waals surface area contributed by atoms with Crippen LogP contribution in [0.5, 0.6) is 5.75 Å². The number of hydrogen-bond donors (Lipinski definition) is 1. The highest BCUT2D eigenvalue weighted by Gasteiger charge is 2.13. The van der Waals surface area contributed by atoms with E-state index in [2.05, 4.69) is 21.2 Å². The van der Waals surface area contributed by atoms with Gasteiger partial charge in [0.1, 0.15) is 11.6 Å². The van der Waals surface area contributed by atoms with Gasteiger partial charge in [-0.25, -0.2) is 4.39 Å². The van der Waals surface area contributed by atoms with Crippen molar-refractivity contribution < 1.29 is 13.9 Å². The number of ether oxygens (including phenoxy) is 1. The molecule has 2 aromatic carbocycles. The van der Waals surface area contributed by atoms with Gasteiger partial charge in [-0.15, -0.1) is 0 Å². The number of carbonyl (C=O) groups excluding carboxylic acids is 1. The summed E-state index contributed by atoms with van der Waals surface area (Å²) in [5.74, 6) is -0.709. The summed E-state index contributed by atoms with van der Waals surface area (Å²) >= 11 is 9.09. The van der Waals surface area contributed by atoms with Crippen molar-refractivity contribution in [3.05, 3.63) is 57.3 Å². The first-order valence-corrected chi connectivity index (χ1v) is 6.78. The lowest BCUT2D eigenvalue weighted by atomic mass is 10.2. The van der Waals surface area contributed by atoms with Gasteiger partial charge in [-0.3, -0.25) is 4.79 Å². The fourth-order valence-electron chi connectivity index (χ4n) is 1.61. The number of halogens is 3. The monoisotopic (exact) mass is 357 g/mol. The summed E-state index contributed by atoms with van der Waals surface area (Å²) in [4.78, 5) is 12.0. The minimum absolute atomic E-state index is 0.0479. The predicted molar refractivity (Wildman–Crippen MR) is 80.1 cm³/mol. The maximum atomic E-state index is 13.6. The zero-order chi connectivity index (χ0) is 14.7. The van der Waals surface area contributed by atoms with Crippen LogP contribution in [0.3, 0.4) is 0 Å². The fourth-order valence-corrected chi connectivity index (χ4v) is 2.16. The van der Waals surface area contributed by atoms with Crippen LogP contribution in [0.4, 0.5) is 10.1 Å². The number of nitrogens with one attached hydrogen (secondary N) is 1. The van der Waals surface area contributed by atoms with Gasteiger partial charge in [0.2, 0.25) is 0 Å². The second kappa shape index (κ2) is 6.24. The summed E-state index contributed by atoms with van der Waals surface area (Å²) in [6.45, 7) is 0. The molecule has 0 aromatic heterocycles. The number of benzene rings is 2. The lowest BCUT2D eigenvalue weighted by Gasteiger charge is -2.09. The lowest BCUT2D eigenvalue weighted by Crippen LogP contribution is -2.13. The summed E-state index contributed by atoms with van der Waals surface area (Å²) in [5.41, 5.74) is 0.420. The average Bonchev–Trinajstić information content (AvgIpc) is 2.43. The van der Waals surface area contributed by atoms with Gasteiger partial charge in [-0.2, -0.15) is 0 Å². The van der Waals surface area contributed by atoms with E-state index in [9.17, 15) is 9.18 Å². The summed E-state index contributed by atoms with van der Waals surface area (Å²) in [5, 5.41) is 3.02. The van der Waals surface area contributed by atoms with E-state index in [0.717, 1.165) is 0 Å². The first-order chi connectivity index (χ1) is 9.51. The fraction of sp³-hybridized carbons (Fsp3) is 0.0714. The first-order valence-electron chi connectivity index (χ1n) is 5.61. The number of methoxy groups -OCH3 is 1. The van der Waals surface area contributed by atoms with Crippen LogP contribution in [0.1, 0.15) is 10.4 Å². The van der Waals surface area contributed by atoms with E-state index >= 15 is 0 Å². The van der Waals surface area contributed by atoms with Gasteiger partial charge in [0.05, 0.1) is 17.7 Å². The van der Waals surface area contributed by atoms with Crippen molar-refractivity contribution in [3.63, 3.8) is 0 Å². The Morgan fingerprint density at radius 1 is 1.30 bits per heavy atom. The largest absolute Gasteiger partial charge is 0.495 e. The number of amides is 1. The Morgan fingerprint density at radius 2 is 2.05 bits per heavy atom. The molecule has 0 unspecified atom stereocenters. The van der Waals surface area contributed by atoms with Crippen LogP contribution in [-0.4, -0.2) is 13.0 Å². The quantitative estimate of drug-likeness (QED) is 0.877. The van der Waals surface area contributed by atoms with Gasteiger partial charge in [0.15, 0.2) is 0 Å². The molecule has 0 atom stereocenters. The van der Waals surface area contributed by atoms with Crippen LogP contribution in [0.15, 0.2) is 40.9 Å². The van der Waals surface area contributed by atoms with Crippen molar-refractivity contribution in [1.82, 2.24) is 0 Å². The molecule has 2 rings (SSSR count). The second-order valence-electron chi connectivity index (χ2n) is 3.93. The second-order valence-corrected chi connectivity index (χ2v) is 5.25. The van der Waals surface area contributed by atoms with E-state index in [4.69, 9.17) is 16.3 Å². The van der Waals surface area contributed by atoms with Crippen molar-refractivity contribution in [2.75, 3.05) is 12.4 Å². The molecule has 1 N–H and O–H groups in total. The third-order valence-electron chi connectivity index (χ3n) is 2.58. The average molecular weight is 359 g/mol. The molecule has 0 aliphatic rings. The van der Waals surface area contributed by atoms with Gasteiger partial charge in [0, 0.05) is 16.2 Å². The van der Waals surface area contributed by atoms with Crippen molar-refractivity contribution in [2.24, 2.45) is 0 Å². The van der Waals surface area contributed by atoms with Crippen LogP contribution in [0.25, 0.3) is 0 Å². The topological polar surface area (TPSA) is 38.3 Å². The molecule has 20 heavy (non-hydrogen) atoms. The third kappa shape index (κ3) is 3.29. The summed E-state index contributed by atoms with van der Waals surface area (Å²) in [7, 11) is 1.47. The van der Waals surface area contributed by atoms with Gasteiger partial charge in [-0.1, -0.05) is 27.5 Å². The molecule has 6 heteroatoms. The molecular formula is C14H10BrClFNO2. The number of rotatable bonds is 3. The maximum absolute atomic E-state index is 13.6. The number of anilines is 1. The van der Waals surface area contributed by atoms with E-state index < -0.39 is 11.7 Å². The number of carbonyl (C=O) groups is 1. The molecule has 0 radical (unpaired) electrons. The molecule has 0 aliphatic heterocycles. The van der Waals surface area contributed by atoms with Gasteiger partial charge >= 0.3 is 0 Å². The smallest absolute Gasteiger partial charge is 0.258 e. The number of hydrogen-bond acceptors (Lipinski definition) is 2. The summed E-state index contributed by atoms with van der Waals surface area (Å²) in [6, 6.07) is 8.93. The van der Waals surface area contributed by atoms with Crippen LogP contribution in [0.2, 0.25) is 5.02 Å². The highest BCUT2D eigenvalue weighted by atomic mass is 79.9. The minimum Gasteiger partial charge on any atom is -0.495 e. The van der Waals surface area contributed by atoms with Crippen molar-refractivity contribution in [2.45, 2.75) is 0 Å². The maximum Gasteiger partial charge on any atom is 0.258 e. The Kier molecular flexibility index (Phi) is 4.62. The predicted octanol–water partition coefficient (Wildman–Crippen LogP) is 4.50. The summed E-state index contributed by atoms with van der Waals surface area (Å²) < 4.78 is 19.3. The molecule has 0 bridgehead atoms. The normalized spacial score (nSPS) is 10.2. The van der Waals surface area contributed by atoms with Crippen molar-refractivity contribution in [3.8, 4) is 5.75 Å². The zero-order valence-corrected chi connectivity index (χ0v) is 12.8. The highest BCUT2D eigenvalue weighted by Crippen LogP contribution is 2.27.